The lowest BCUT2D eigenvalue weighted by atomic mass is 9.84. The quantitative estimate of drug-likeness (QED) is 0.468. The van der Waals surface area contributed by atoms with Crippen molar-refractivity contribution < 1.29 is 22.8 Å². The van der Waals surface area contributed by atoms with Crippen LogP contribution in [0, 0.1) is 0 Å². The molecule has 1 fully saturated rings. The lowest BCUT2D eigenvalue weighted by molar-refractivity contribution is -0.163. The van der Waals surface area contributed by atoms with Gasteiger partial charge in [0.1, 0.15) is 0 Å². The van der Waals surface area contributed by atoms with Crippen LogP contribution in [0.2, 0.25) is 0 Å². The number of alkyl halides is 3. The third-order valence-electron chi connectivity index (χ3n) is 6.32. The lowest BCUT2D eigenvalue weighted by Crippen LogP contribution is -2.45. The number of pyridine rings is 1. The molecular formula is C27H26F3N3O2. The lowest BCUT2D eigenvalue weighted by Gasteiger charge is -2.30. The molecule has 2 aromatic carbocycles. The second kappa shape index (κ2) is 10.3. The summed E-state index contributed by atoms with van der Waals surface area (Å²) in [5.74, 6) is -0.842. The fraction of sp³-hybridized carbons (Fsp3) is 0.296. The van der Waals surface area contributed by atoms with Gasteiger partial charge in [0.05, 0.1) is 0 Å². The summed E-state index contributed by atoms with van der Waals surface area (Å²) in [5.41, 5.74) is 2.33. The maximum Gasteiger partial charge on any atom is 0.412 e. The molecule has 35 heavy (non-hydrogen) atoms. The number of benzene rings is 2. The molecule has 8 heteroatoms. The first-order valence-electron chi connectivity index (χ1n) is 11.5. The zero-order valence-electron chi connectivity index (χ0n) is 19.0. The Morgan fingerprint density at radius 1 is 1.03 bits per heavy atom. The van der Waals surface area contributed by atoms with Gasteiger partial charge in [-0.05, 0) is 42.0 Å². The highest BCUT2D eigenvalue weighted by molar-refractivity contribution is 5.80. The maximum absolute atomic E-state index is 13.6. The van der Waals surface area contributed by atoms with Crippen molar-refractivity contribution in [1.82, 2.24) is 15.6 Å². The number of halogens is 3. The molecule has 2 heterocycles. The summed E-state index contributed by atoms with van der Waals surface area (Å²) in [6.45, 7) is 0. The van der Waals surface area contributed by atoms with Gasteiger partial charge < -0.3 is 10.6 Å². The Morgan fingerprint density at radius 3 is 2.34 bits per heavy atom. The SMILES string of the molecule is O=C(CC[C@]1(Cc2ccc(-c3ccccc3)cc2)CCC(=O)N1)N[C@@H](c1cccnc1)C(F)(F)F. The molecule has 0 radical (unpaired) electrons. The van der Waals surface area contributed by atoms with E-state index in [0.29, 0.717) is 19.3 Å². The molecule has 182 valence electrons. The van der Waals surface area contributed by atoms with Crippen LogP contribution in [0.15, 0.2) is 79.1 Å². The smallest absolute Gasteiger partial charge is 0.350 e. The molecule has 1 saturated heterocycles. The Kier molecular flexibility index (Phi) is 7.19. The Bertz CT molecular complexity index is 1150. The average Bonchev–Trinajstić information content (AvgIpc) is 3.22. The number of hydrogen-bond donors (Lipinski definition) is 2. The molecule has 1 aromatic heterocycles. The standard InChI is InChI=1S/C27H26F3N3O2/c28-27(29,30)25(22-7-4-16-31-18-22)32-23(34)12-14-26(15-13-24(35)33-26)17-19-8-10-21(11-9-19)20-5-2-1-3-6-20/h1-11,16,18,25H,12-15,17H2,(H,32,34)(H,33,35)/t25-,26+/m0/s1. The first kappa shape index (κ1) is 24.4. The van der Waals surface area contributed by atoms with E-state index in [0.717, 1.165) is 22.9 Å². The summed E-state index contributed by atoms with van der Waals surface area (Å²) in [6.07, 6.45) is -0.758. The van der Waals surface area contributed by atoms with Crippen molar-refractivity contribution in [2.24, 2.45) is 0 Å². The van der Waals surface area contributed by atoms with Crippen LogP contribution < -0.4 is 10.6 Å². The van der Waals surface area contributed by atoms with E-state index >= 15 is 0 Å². The van der Waals surface area contributed by atoms with E-state index in [2.05, 4.69) is 15.6 Å². The highest BCUT2D eigenvalue weighted by Gasteiger charge is 2.43. The van der Waals surface area contributed by atoms with Crippen LogP contribution in [-0.4, -0.2) is 28.5 Å². The number of nitrogens with zero attached hydrogens (tertiary/aromatic N) is 1. The van der Waals surface area contributed by atoms with E-state index in [4.69, 9.17) is 0 Å². The summed E-state index contributed by atoms with van der Waals surface area (Å²) in [5, 5.41) is 5.08. The van der Waals surface area contributed by atoms with Gasteiger partial charge in [0.25, 0.3) is 0 Å². The van der Waals surface area contributed by atoms with Gasteiger partial charge >= 0.3 is 6.18 Å². The molecule has 0 spiro atoms. The highest BCUT2D eigenvalue weighted by Crippen LogP contribution is 2.34. The zero-order valence-corrected chi connectivity index (χ0v) is 19.0. The van der Waals surface area contributed by atoms with E-state index in [-0.39, 0.29) is 24.3 Å². The largest absolute Gasteiger partial charge is 0.412 e. The normalized spacial score (nSPS) is 18.7. The van der Waals surface area contributed by atoms with Gasteiger partial charge in [-0.1, -0.05) is 60.7 Å². The molecule has 3 aromatic rings. The summed E-state index contributed by atoms with van der Waals surface area (Å²) >= 11 is 0. The molecule has 0 aliphatic carbocycles. The van der Waals surface area contributed by atoms with E-state index < -0.39 is 23.7 Å². The summed E-state index contributed by atoms with van der Waals surface area (Å²) in [4.78, 5) is 28.4. The molecule has 2 N–H and O–H groups in total. The summed E-state index contributed by atoms with van der Waals surface area (Å²) < 4.78 is 40.7. The van der Waals surface area contributed by atoms with Crippen molar-refractivity contribution in [3.8, 4) is 11.1 Å². The van der Waals surface area contributed by atoms with Gasteiger partial charge in [-0.2, -0.15) is 13.2 Å². The highest BCUT2D eigenvalue weighted by atomic mass is 19.4. The van der Waals surface area contributed by atoms with Crippen LogP contribution in [0.5, 0.6) is 0 Å². The molecule has 1 aliphatic heterocycles. The number of amides is 2. The second-order valence-corrected chi connectivity index (χ2v) is 8.90. The van der Waals surface area contributed by atoms with Crippen LogP contribution in [-0.2, 0) is 16.0 Å². The predicted octanol–water partition coefficient (Wildman–Crippen LogP) is 5.14. The second-order valence-electron chi connectivity index (χ2n) is 8.90. The van der Waals surface area contributed by atoms with Crippen molar-refractivity contribution in [1.29, 1.82) is 0 Å². The third kappa shape index (κ3) is 6.26. The topological polar surface area (TPSA) is 71.1 Å². The van der Waals surface area contributed by atoms with Gasteiger partial charge in [-0.25, -0.2) is 0 Å². The summed E-state index contributed by atoms with van der Waals surface area (Å²) in [6, 6.07) is 18.4. The van der Waals surface area contributed by atoms with E-state index in [1.807, 2.05) is 54.6 Å². The van der Waals surface area contributed by atoms with Crippen molar-refractivity contribution >= 4 is 11.8 Å². The van der Waals surface area contributed by atoms with Crippen molar-refractivity contribution in [3.63, 3.8) is 0 Å². The monoisotopic (exact) mass is 481 g/mol. The minimum atomic E-state index is -4.65. The van der Waals surface area contributed by atoms with Gasteiger partial charge in [-0.3, -0.25) is 14.6 Å². The van der Waals surface area contributed by atoms with Crippen molar-refractivity contribution in [3.05, 3.63) is 90.3 Å². The van der Waals surface area contributed by atoms with Crippen LogP contribution in [0.3, 0.4) is 0 Å². The zero-order chi connectivity index (χ0) is 24.9. The van der Waals surface area contributed by atoms with Crippen LogP contribution >= 0.6 is 0 Å². The number of aromatic nitrogens is 1. The Morgan fingerprint density at radius 2 is 1.74 bits per heavy atom. The van der Waals surface area contributed by atoms with Crippen molar-refractivity contribution in [2.45, 2.75) is 49.9 Å². The van der Waals surface area contributed by atoms with Crippen molar-refractivity contribution in [2.75, 3.05) is 0 Å². The fourth-order valence-corrected chi connectivity index (χ4v) is 4.51. The van der Waals surface area contributed by atoms with Crippen LogP contribution in [0.25, 0.3) is 11.1 Å². The van der Waals surface area contributed by atoms with Gasteiger partial charge in [0, 0.05) is 36.3 Å². The third-order valence-corrected chi connectivity index (χ3v) is 6.32. The van der Waals surface area contributed by atoms with Crippen LogP contribution in [0.1, 0.15) is 42.9 Å². The fourth-order valence-electron chi connectivity index (χ4n) is 4.51. The minimum absolute atomic E-state index is 0.116. The van der Waals surface area contributed by atoms with Gasteiger partial charge in [0.15, 0.2) is 6.04 Å². The minimum Gasteiger partial charge on any atom is -0.350 e. The molecule has 5 nitrogen and oxygen atoms in total. The van der Waals surface area contributed by atoms with Crippen LogP contribution in [0.4, 0.5) is 13.2 Å². The Hall–Kier alpha value is -3.68. The Balaban J connectivity index is 1.43. The van der Waals surface area contributed by atoms with Gasteiger partial charge in [-0.15, -0.1) is 0 Å². The average molecular weight is 482 g/mol. The first-order valence-corrected chi connectivity index (χ1v) is 11.5. The molecule has 4 rings (SSSR count). The molecule has 0 unspecified atom stereocenters. The number of carbonyl (C=O) groups is 2. The predicted molar refractivity (Wildman–Crippen MR) is 126 cm³/mol. The van der Waals surface area contributed by atoms with Gasteiger partial charge in [0.2, 0.25) is 11.8 Å². The molecule has 1 aliphatic rings. The van der Waals surface area contributed by atoms with E-state index in [1.54, 1.807) is 0 Å². The first-order chi connectivity index (χ1) is 16.7. The summed E-state index contributed by atoms with van der Waals surface area (Å²) in [7, 11) is 0. The van der Waals surface area contributed by atoms with E-state index in [1.165, 1.54) is 18.3 Å². The maximum atomic E-state index is 13.6. The number of rotatable bonds is 8. The molecular weight excluding hydrogens is 455 g/mol. The molecule has 0 saturated carbocycles. The number of carbonyl (C=O) groups excluding carboxylic acids is 2. The number of nitrogens with one attached hydrogen (secondary N) is 2. The molecule has 2 atom stereocenters. The number of hydrogen-bond acceptors (Lipinski definition) is 3. The van der Waals surface area contributed by atoms with E-state index in [9.17, 15) is 22.8 Å². The molecule has 2 amide bonds. The Labute approximate surface area is 201 Å². The molecule has 0 bridgehead atoms.